The summed E-state index contributed by atoms with van der Waals surface area (Å²) in [6.45, 7) is 4.09. The SMILES string of the molecule is C[C@H]1C[C@H](C)n2nccc2N1C(=O)c1cc2cc(F)ccc2o1. The summed E-state index contributed by atoms with van der Waals surface area (Å²) in [6.07, 6.45) is 2.51. The van der Waals surface area contributed by atoms with Crippen LogP contribution in [0.4, 0.5) is 10.2 Å². The molecule has 5 nitrogen and oxygen atoms in total. The minimum atomic E-state index is -0.351. The summed E-state index contributed by atoms with van der Waals surface area (Å²) in [5.74, 6) is 0.380. The van der Waals surface area contributed by atoms with Gasteiger partial charge in [0.05, 0.1) is 12.2 Å². The molecule has 1 aliphatic rings. The number of benzene rings is 1. The van der Waals surface area contributed by atoms with Crippen molar-refractivity contribution in [2.24, 2.45) is 0 Å². The van der Waals surface area contributed by atoms with Gasteiger partial charge in [0, 0.05) is 17.5 Å². The topological polar surface area (TPSA) is 51.3 Å². The van der Waals surface area contributed by atoms with E-state index >= 15 is 0 Å². The second kappa shape index (κ2) is 4.94. The average molecular weight is 313 g/mol. The minimum absolute atomic E-state index is 0.0339. The van der Waals surface area contributed by atoms with E-state index in [0.29, 0.717) is 11.0 Å². The third-order valence-electron chi connectivity index (χ3n) is 4.34. The first-order valence-corrected chi connectivity index (χ1v) is 7.61. The summed E-state index contributed by atoms with van der Waals surface area (Å²) in [4.78, 5) is 14.6. The molecule has 6 heteroatoms. The lowest BCUT2D eigenvalue weighted by Crippen LogP contribution is -2.44. The molecule has 0 aliphatic carbocycles. The number of aromatic nitrogens is 2. The number of anilines is 1. The molecule has 1 amide bonds. The van der Waals surface area contributed by atoms with Crippen molar-refractivity contribution in [2.75, 3.05) is 4.90 Å². The van der Waals surface area contributed by atoms with Crippen LogP contribution in [-0.4, -0.2) is 21.7 Å². The van der Waals surface area contributed by atoms with Crippen molar-refractivity contribution in [1.82, 2.24) is 9.78 Å². The lowest BCUT2D eigenvalue weighted by atomic mass is 10.1. The predicted molar refractivity (Wildman–Crippen MR) is 84.0 cm³/mol. The first-order valence-electron chi connectivity index (χ1n) is 7.61. The van der Waals surface area contributed by atoms with Crippen LogP contribution in [0.1, 0.15) is 36.9 Å². The average Bonchev–Trinajstić information content (AvgIpc) is 3.13. The number of fused-ring (bicyclic) bond motifs is 2. The number of rotatable bonds is 1. The molecule has 4 rings (SSSR count). The zero-order valence-corrected chi connectivity index (χ0v) is 12.9. The molecule has 0 fully saturated rings. The Balaban J connectivity index is 1.77. The lowest BCUT2D eigenvalue weighted by Gasteiger charge is -2.36. The van der Waals surface area contributed by atoms with E-state index in [2.05, 4.69) is 12.0 Å². The van der Waals surface area contributed by atoms with E-state index in [4.69, 9.17) is 4.42 Å². The second-order valence-corrected chi connectivity index (χ2v) is 6.04. The van der Waals surface area contributed by atoms with Crippen LogP contribution in [0.3, 0.4) is 0 Å². The van der Waals surface area contributed by atoms with Gasteiger partial charge in [-0.2, -0.15) is 5.10 Å². The molecule has 0 saturated carbocycles. The maximum absolute atomic E-state index is 13.3. The Morgan fingerprint density at radius 2 is 2.09 bits per heavy atom. The van der Waals surface area contributed by atoms with Crippen LogP contribution >= 0.6 is 0 Å². The second-order valence-electron chi connectivity index (χ2n) is 6.04. The van der Waals surface area contributed by atoms with Gasteiger partial charge >= 0.3 is 0 Å². The number of amides is 1. The van der Waals surface area contributed by atoms with Crippen LogP contribution in [-0.2, 0) is 0 Å². The number of hydrogen-bond acceptors (Lipinski definition) is 3. The molecule has 118 valence electrons. The molecule has 0 saturated heterocycles. The Kier molecular flexibility index (Phi) is 3.01. The Morgan fingerprint density at radius 3 is 2.91 bits per heavy atom. The molecular formula is C17H16FN3O2. The van der Waals surface area contributed by atoms with Gasteiger partial charge in [0.15, 0.2) is 5.76 Å². The van der Waals surface area contributed by atoms with Gasteiger partial charge in [-0.05, 0) is 44.5 Å². The first-order chi connectivity index (χ1) is 11.0. The van der Waals surface area contributed by atoms with E-state index in [1.165, 1.54) is 18.2 Å². The van der Waals surface area contributed by atoms with E-state index in [-0.39, 0.29) is 29.6 Å². The van der Waals surface area contributed by atoms with Crippen molar-refractivity contribution in [3.63, 3.8) is 0 Å². The normalized spacial score (nSPS) is 20.7. The fraction of sp³-hybridized carbons (Fsp3) is 0.294. The van der Waals surface area contributed by atoms with Crippen LogP contribution in [0.15, 0.2) is 40.9 Å². The molecule has 23 heavy (non-hydrogen) atoms. The van der Waals surface area contributed by atoms with E-state index in [0.717, 1.165) is 12.2 Å². The van der Waals surface area contributed by atoms with Crippen LogP contribution in [0.2, 0.25) is 0 Å². The van der Waals surface area contributed by atoms with Gasteiger partial charge in [0.1, 0.15) is 17.2 Å². The van der Waals surface area contributed by atoms with E-state index in [1.807, 2.05) is 17.7 Å². The number of carbonyl (C=O) groups excluding carboxylic acids is 1. The lowest BCUT2D eigenvalue weighted by molar-refractivity contribution is 0.0942. The van der Waals surface area contributed by atoms with Crippen molar-refractivity contribution >= 4 is 22.7 Å². The first kappa shape index (κ1) is 14.0. The summed E-state index contributed by atoms with van der Waals surface area (Å²) >= 11 is 0. The number of carbonyl (C=O) groups is 1. The van der Waals surface area contributed by atoms with Crippen LogP contribution in [0.25, 0.3) is 11.0 Å². The smallest absolute Gasteiger partial charge is 0.295 e. The summed E-state index contributed by atoms with van der Waals surface area (Å²) in [5.41, 5.74) is 0.501. The van der Waals surface area contributed by atoms with E-state index in [1.54, 1.807) is 17.2 Å². The molecule has 1 aliphatic heterocycles. The summed E-state index contributed by atoms with van der Waals surface area (Å²) < 4.78 is 20.8. The highest BCUT2D eigenvalue weighted by atomic mass is 19.1. The fourth-order valence-electron chi connectivity index (χ4n) is 3.30. The number of nitrogens with zero attached hydrogens (tertiary/aromatic N) is 3. The van der Waals surface area contributed by atoms with Gasteiger partial charge < -0.3 is 4.42 Å². The molecule has 0 spiro atoms. The highest BCUT2D eigenvalue weighted by Gasteiger charge is 2.34. The molecule has 1 aromatic carbocycles. The van der Waals surface area contributed by atoms with Gasteiger partial charge in [0.25, 0.3) is 5.91 Å². The molecule has 2 aromatic heterocycles. The molecule has 0 bridgehead atoms. The maximum Gasteiger partial charge on any atom is 0.295 e. The van der Waals surface area contributed by atoms with Crippen LogP contribution < -0.4 is 4.90 Å². The Hall–Kier alpha value is -2.63. The summed E-state index contributed by atoms with van der Waals surface area (Å²) in [7, 11) is 0. The zero-order chi connectivity index (χ0) is 16.1. The molecular weight excluding hydrogens is 297 g/mol. The van der Waals surface area contributed by atoms with Crippen LogP contribution in [0, 0.1) is 5.82 Å². The van der Waals surface area contributed by atoms with Crippen molar-refractivity contribution < 1.29 is 13.6 Å². The standard InChI is InChI=1S/C17H16FN3O2/c1-10-7-11(2)21-16(5-6-19-21)20(10)17(22)15-9-12-8-13(18)3-4-14(12)23-15/h3-6,8-11H,7H2,1-2H3/t10-,11-/m0/s1. The predicted octanol–water partition coefficient (Wildman–Crippen LogP) is 3.77. The number of hydrogen-bond donors (Lipinski definition) is 0. The minimum Gasteiger partial charge on any atom is -0.451 e. The fourth-order valence-corrected chi connectivity index (χ4v) is 3.30. The third-order valence-corrected chi connectivity index (χ3v) is 4.34. The largest absolute Gasteiger partial charge is 0.451 e. The molecule has 0 N–H and O–H groups in total. The third kappa shape index (κ3) is 2.13. The zero-order valence-electron chi connectivity index (χ0n) is 12.9. The van der Waals surface area contributed by atoms with Gasteiger partial charge in [-0.3, -0.25) is 9.69 Å². The highest BCUT2D eigenvalue weighted by molar-refractivity contribution is 6.06. The molecule has 3 heterocycles. The molecule has 2 atom stereocenters. The molecule has 3 aromatic rings. The summed E-state index contributed by atoms with van der Waals surface area (Å²) in [5, 5.41) is 4.88. The Morgan fingerprint density at radius 1 is 1.26 bits per heavy atom. The Labute approximate surface area is 132 Å². The molecule has 0 radical (unpaired) electrons. The van der Waals surface area contributed by atoms with Crippen molar-refractivity contribution in [3.05, 3.63) is 48.1 Å². The quantitative estimate of drug-likeness (QED) is 0.687. The summed E-state index contributed by atoms with van der Waals surface area (Å²) in [6, 6.07) is 7.91. The highest BCUT2D eigenvalue weighted by Crippen LogP contribution is 2.33. The van der Waals surface area contributed by atoms with Crippen molar-refractivity contribution in [3.8, 4) is 0 Å². The van der Waals surface area contributed by atoms with Gasteiger partial charge in [-0.15, -0.1) is 0 Å². The van der Waals surface area contributed by atoms with E-state index < -0.39 is 0 Å². The van der Waals surface area contributed by atoms with Crippen molar-refractivity contribution in [1.29, 1.82) is 0 Å². The van der Waals surface area contributed by atoms with E-state index in [9.17, 15) is 9.18 Å². The number of halogens is 1. The van der Waals surface area contributed by atoms with Crippen molar-refractivity contribution in [2.45, 2.75) is 32.4 Å². The van der Waals surface area contributed by atoms with Crippen LogP contribution in [0.5, 0.6) is 0 Å². The molecule has 0 unspecified atom stereocenters. The number of furan rings is 1. The maximum atomic E-state index is 13.3. The Bertz CT molecular complexity index is 898. The monoisotopic (exact) mass is 313 g/mol. The van der Waals surface area contributed by atoms with Gasteiger partial charge in [-0.25, -0.2) is 9.07 Å². The van der Waals surface area contributed by atoms with Gasteiger partial charge in [0.2, 0.25) is 0 Å². The van der Waals surface area contributed by atoms with Gasteiger partial charge in [-0.1, -0.05) is 0 Å².